The van der Waals surface area contributed by atoms with Gasteiger partial charge in [-0.25, -0.2) is 9.59 Å². The number of carbonyl (C=O) groups is 1. The molecule has 8 nitrogen and oxygen atoms in total. The van der Waals surface area contributed by atoms with Crippen molar-refractivity contribution in [2.75, 3.05) is 6.61 Å². The zero-order valence-electron chi connectivity index (χ0n) is 17.8. The van der Waals surface area contributed by atoms with Gasteiger partial charge in [0.15, 0.2) is 5.82 Å². The number of rotatable bonds is 4. The molecule has 1 fully saturated rings. The minimum absolute atomic E-state index is 0.162. The van der Waals surface area contributed by atoms with Crippen LogP contribution in [0.3, 0.4) is 0 Å². The van der Waals surface area contributed by atoms with Crippen LogP contribution in [0, 0.1) is 0 Å². The third-order valence-corrected chi connectivity index (χ3v) is 6.03. The number of nitrogens with zero attached hydrogens (tertiary/aromatic N) is 2. The second-order valence-electron chi connectivity index (χ2n) is 8.78. The van der Waals surface area contributed by atoms with Gasteiger partial charge in [0.05, 0.1) is 11.1 Å². The van der Waals surface area contributed by atoms with Crippen molar-refractivity contribution < 1.29 is 19.2 Å². The maximum Gasteiger partial charge on any atom is 0.439 e. The lowest BCUT2D eigenvalue weighted by Gasteiger charge is -2.35. The van der Waals surface area contributed by atoms with Gasteiger partial charge < -0.3 is 14.4 Å². The highest BCUT2D eigenvalue weighted by Gasteiger charge is 2.30. The Morgan fingerprint density at radius 2 is 2.06 bits per heavy atom. The highest BCUT2D eigenvalue weighted by atomic mass is 16.5. The number of aromatic carboxylic acids is 1. The molecule has 4 aromatic rings. The fraction of sp³-hybridized carbons (Fsp3) is 0.292. The smallest absolute Gasteiger partial charge is 0.439 e. The molecular weight excluding hydrogens is 410 g/mol. The van der Waals surface area contributed by atoms with Gasteiger partial charge in [0, 0.05) is 23.2 Å². The predicted molar refractivity (Wildman–Crippen MR) is 118 cm³/mol. The lowest BCUT2D eigenvalue weighted by atomic mass is 9.83. The summed E-state index contributed by atoms with van der Waals surface area (Å²) < 4.78 is 12.2. The second kappa shape index (κ2) is 7.49. The van der Waals surface area contributed by atoms with E-state index in [1.807, 2.05) is 12.1 Å². The van der Waals surface area contributed by atoms with E-state index in [2.05, 4.69) is 40.6 Å². The van der Waals surface area contributed by atoms with Gasteiger partial charge in [0.2, 0.25) is 0 Å². The van der Waals surface area contributed by atoms with Gasteiger partial charge in [-0.3, -0.25) is 9.51 Å². The molecule has 32 heavy (non-hydrogen) atoms. The Labute approximate surface area is 183 Å². The van der Waals surface area contributed by atoms with Gasteiger partial charge in [-0.05, 0) is 68.5 Å². The summed E-state index contributed by atoms with van der Waals surface area (Å²) in [6, 6.07) is 15.0. The molecule has 2 aromatic carbocycles. The lowest BCUT2D eigenvalue weighted by molar-refractivity contribution is -0.0592. The van der Waals surface area contributed by atoms with Gasteiger partial charge in [-0.1, -0.05) is 23.4 Å². The van der Waals surface area contributed by atoms with Crippen LogP contribution in [-0.2, 0) is 4.74 Å². The van der Waals surface area contributed by atoms with Crippen molar-refractivity contribution in [3.8, 4) is 17.1 Å². The molecule has 1 saturated heterocycles. The summed E-state index contributed by atoms with van der Waals surface area (Å²) in [5.74, 6) is -1.01. The van der Waals surface area contributed by atoms with Crippen molar-refractivity contribution in [1.29, 1.82) is 0 Å². The molecule has 0 saturated carbocycles. The molecule has 0 spiro atoms. The number of hydrogen-bond donors (Lipinski definition) is 2. The van der Waals surface area contributed by atoms with E-state index in [0.29, 0.717) is 23.8 Å². The number of aromatic nitrogens is 3. The Bertz CT molecular complexity index is 1380. The van der Waals surface area contributed by atoms with Crippen LogP contribution in [0.1, 0.15) is 48.7 Å². The number of aromatic amines is 1. The molecule has 3 heterocycles. The minimum Gasteiger partial charge on any atom is -0.477 e. The van der Waals surface area contributed by atoms with Crippen molar-refractivity contribution in [2.45, 2.75) is 38.2 Å². The summed E-state index contributed by atoms with van der Waals surface area (Å²) in [5, 5.41) is 14.5. The van der Waals surface area contributed by atoms with E-state index < -0.39 is 11.7 Å². The Kier molecular flexibility index (Phi) is 4.74. The number of carboxylic acids is 1. The van der Waals surface area contributed by atoms with Crippen LogP contribution in [0.4, 0.5) is 0 Å². The fourth-order valence-electron chi connectivity index (χ4n) is 4.59. The topological polar surface area (TPSA) is 110 Å². The van der Waals surface area contributed by atoms with Crippen molar-refractivity contribution in [2.24, 2.45) is 0 Å². The monoisotopic (exact) mass is 433 g/mol. The first kappa shape index (κ1) is 20.3. The summed E-state index contributed by atoms with van der Waals surface area (Å²) in [6.07, 6.45) is 1.86. The van der Waals surface area contributed by atoms with E-state index >= 15 is 0 Å². The van der Waals surface area contributed by atoms with E-state index in [-0.39, 0.29) is 17.1 Å². The minimum atomic E-state index is -1.02. The molecule has 1 unspecified atom stereocenters. The number of carboxylic acid groups (broad SMARTS) is 1. The number of H-pyrrole nitrogens is 1. The summed E-state index contributed by atoms with van der Waals surface area (Å²) in [4.78, 5) is 25.9. The van der Waals surface area contributed by atoms with Crippen LogP contribution in [-0.4, -0.2) is 38.0 Å². The van der Waals surface area contributed by atoms with Crippen LogP contribution in [0.25, 0.3) is 28.0 Å². The van der Waals surface area contributed by atoms with Crippen molar-refractivity contribution >= 4 is 16.9 Å². The maximum atomic E-state index is 12.1. The molecule has 0 radical (unpaired) electrons. The Hall–Kier alpha value is -3.65. The Morgan fingerprint density at radius 1 is 1.22 bits per heavy atom. The molecule has 0 bridgehead atoms. The van der Waals surface area contributed by atoms with Crippen molar-refractivity contribution in [3.63, 3.8) is 0 Å². The number of ether oxygens (including phenoxy) is 1. The molecule has 8 heteroatoms. The maximum absolute atomic E-state index is 12.1. The van der Waals surface area contributed by atoms with Crippen molar-refractivity contribution in [3.05, 3.63) is 70.3 Å². The molecule has 2 N–H and O–H groups in total. The molecule has 0 aliphatic carbocycles. The summed E-state index contributed by atoms with van der Waals surface area (Å²) in [7, 11) is 0. The van der Waals surface area contributed by atoms with Gasteiger partial charge in [-0.2, -0.15) is 0 Å². The van der Waals surface area contributed by atoms with E-state index in [1.54, 1.807) is 28.8 Å². The van der Waals surface area contributed by atoms with Crippen LogP contribution < -0.4 is 5.76 Å². The molecule has 164 valence electrons. The molecule has 0 amide bonds. The second-order valence-corrected chi connectivity index (χ2v) is 8.78. The zero-order chi connectivity index (χ0) is 22.5. The van der Waals surface area contributed by atoms with Crippen LogP contribution in [0.5, 0.6) is 0 Å². The standard InChI is InChI=1S/C24H23N3O5/c1-24(2)13-16(8-9-31-24)14-6-7-19-17(10-14)12-20(22(28)29)27(19)18-5-3-4-15(11-18)21-25-23(30)32-26-21/h3-7,10-12,16H,8-9,13H2,1-2H3,(H,28,29)(H,25,26,30). The zero-order valence-corrected chi connectivity index (χ0v) is 17.8. The largest absolute Gasteiger partial charge is 0.477 e. The van der Waals surface area contributed by atoms with Crippen LogP contribution >= 0.6 is 0 Å². The van der Waals surface area contributed by atoms with Crippen molar-refractivity contribution in [1.82, 2.24) is 14.7 Å². The molecular formula is C24H23N3O5. The normalized spacial score (nSPS) is 18.1. The number of hydrogen-bond acceptors (Lipinski definition) is 5. The predicted octanol–water partition coefficient (Wildman–Crippen LogP) is 4.34. The summed E-state index contributed by atoms with van der Waals surface area (Å²) >= 11 is 0. The fourth-order valence-corrected chi connectivity index (χ4v) is 4.59. The average molecular weight is 433 g/mol. The SMILES string of the molecule is CC1(C)CC(c2ccc3c(c2)cc(C(=O)O)n3-c2cccc(-c3noc(=O)[nH]3)c2)CCO1. The quantitative estimate of drug-likeness (QED) is 0.495. The Morgan fingerprint density at radius 3 is 2.78 bits per heavy atom. The molecule has 1 aliphatic heterocycles. The molecule has 5 rings (SSSR count). The highest BCUT2D eigenvalue weighted by molar-refractivity contribution is 5.96. The van der Waals surface area contributed by atoms with Gasteiger partial charge >= 0.3 is 11.7 Å². The Balaban J connectivity index is 1.61. The molecule has 1 atom stereocenters. The third-order valence-electron chi connectivity index (χ3n) is 6.03. The van der Waals surface area contributed by atoms with Gasteiger partial charge in [0.1, 0.15) is 5.69 Å². The van der Waals surface area contributed by atoms with E-state index in [4.69, 9.17) is 4.74 Å². The van der Waals surface area contributed by atoms with Gasteiger partial charge in [-0.15, -0.1) is 0 Å². The molecule has 1 aliphatic rings. The average Bonchev–Trinajstić information content (AvgIpc) is 3.36. The van der Waals surface area contributed by atoms with E-state index in [0.717, 1.165) is 23.7 Å². The third kappa shape index (κ3) is 3.62. The first-order chi connectivity index (χ1) is 15.3. The van der Waals surface area contributed by atoms with E-state index in [1.165, 1.54) is 5.56 Å². The lowest BCUT2D eigenvalue weighted by Crippen LogP contribution is -2.32. The first-order valence-corrected chi connectivity index (χ1v) is 10.5. The van der Waals surface area contributed by atoms with Crippen LogP contribution in [0.2, 0.25) is 0 Å². The highest BCUT2D eigenvalue weighted by Crippen LogP contribution is 2.37. The number of nitrogens with one attached hydrogen (secondary N) is 1. The van der Waals surface area contributed by atoms with Gasteiger partial charge in [0.25, 0.3) is 0 Å². The summed E-state index contributed by atoms with van der Waals surface area (Å²) in [5.41, 5.74) is 3.25. The van der Waals surface area contributed by atoms with Crippen LogP contribution in [0.15, 0.2) is 57.8 Å². The first-order valence-electron chi connectivity index (χ1n) is 10.5. The number of fused-ring (bicyclic) bond motifs is 1. The molecule has 2 aromatic heterocycles. The number of benzene rings is 2. The van der Waals surface area contributed by atoms with E-state index in [9.17, 15) is 14.7 Å². The summed E-state index contributed by atoms with van der Waals surface area (Å²) in [6.45, 7) is 4.92.